The fourth-order valence-electron chi connectivity index (χ4n) is 2.74. The molecule has 0 aliphatic rings. The van der Waals surface area contributed by atoms with Crippen LogP contribution >= 0.6 is 27.3 Å². The molecule has 0 bridgehead atoms. The van der Waals surface area contributed by atoms with Gasteiger partial charge >= 0.3 is 0 Å². The minimum Gasteiger partial charge on any atom is -0.507 e. The molecule has 0 fully saturated rings. The van der Waals surface area contributed by atoms with E-state index < -0.39 is 0 Å². The van der Waals surface area contributed by atoms with Crippen LogP contribution in [0.25, 0.3) is 21.5 Å². The van der Waals surface area contributed by atoms with Gasteiger partial charge in [-0.2, -0.15) is 5.10 Å². The maximum Gasteiger partial charge on any atom is 0.272 e. The molecule has 0 spiro atoms. The number of aromatic hydroxyl groups is 1. The van der Waals surface area contributed by atoms with Crippen LogP contribution in [-0.2, 0) is 0 Å². The molecular weight excluding hydrogens is 438 g/mol. The highest BCUT2D eigenvalue weighted by Gasteiger charge is 2.14. The van der Waals surface area contributed by atoms with Crippen molar-refractivity contribution in [1.82, 2.24) is 10.4 Å². The predicted molar refractivity (Wildman–Crippen MR) is 116 cm³/mol. The van der Waals surface area contributed by atoms with Crippen molar-refractivity contribution in [1.29, 1.82) is 0 Å². The van der Waals surface area contributed by atoms with Crippen molar-refractivity contribution >= 4 is 50.3 Å². The van der Waals surface area contributed by atoms with Gasteiger partial charge in [0.1, 0.15) is 5.75 Å². The lowest BCUT2D eigenvalue weighted by atomic mass is 10.1. The van der Waals surface area contributed by atoms with Crippen LogP contribution in [0.3, 0.4) is 0 Å². The van der Waals surface area contributed by atoms with Crippen LogP contribution in [0.4, 0.5) is 0 Å². The molecule has 0 atom stereocenters. The number of rotatable bonds is 4. The lowest BCUT2D eigenvalue weighted by Crippen LogP contribution is -2.18. The zero-order valence-corrected chi connectivity index (χ0v) is 16.9. The van der Waals surface area contributed by atoms with Crippen LogP contribution < -0.4 is 5.43 Å². The molecule has 0 radical (unpaired) electrons. The van der Waals surface area contributed by atoms with Crippen molar-refractivity contribution < 1.29 is 9.90 Å². The van der Waals surface area contributed by atoms with E-state index in [9.17, 15) is 9.90 Å². The van der Waals surface area contributed by atoms with Gasteiger partial charge < -0.3 is 5.11 Å². The highest BCUT2D eigenvalue weighted by atomic mass is 79.9. The van der Waals surface area contributed by atoms with E-state index in [-0.39, 0.29) is 11.7 Å². The summed E-state index contributed by atoms with van der Waals surface area (Å²) in [6.07, 6.45) is 1.52. The number of hydrogen-bond donors (Lipinski definition) is 2. The Morgan fingerprint density at radius 3 is 2.79 bits per heavy atom. The fraction of sp³-hybridized carbons (Fsp3) is 0. The van der Waals surface area contributed by atoms with Gasteiger partial charge in [-0.15, -0.1) is 11.3 Å². The third-order valence-electron chi connectivity index (χ3n) is 4.09. The van der Waals surface area contributed by atoms with Gasteiger partial charge in [-0.05, 0) is 63.3 Å². The summed E-state index contributed by atoms with van der Waals surface area (Å²) in [4.78, 5) is 18.5. The van der Waals surface area contributed by atoms with E-state index in [4.69, 9.17) is 0 Å². The van der Waals surface area contributed by atoms with E-state index in [1.54, 1.807) is 35.6 Å². The van der Waals surface area contributed by atoms with Gasteiger partial charge in [-0.3, -0.25) is 4.79 Å². The van der Waals surface area contributed by atoms with Crippen LogP contribution in [0.2, 0.25) is 0 Å². The number of pyridine rings is 1. The van der Waals surface area contributed by atoms with Crippen molar-refractivity contribution in [2.45, 2.75) is 0 Å². The monoisotopic (exact) mass is 451 g/mol. The number of aromatic nitrogens is 1. The zero-order chi connectivity index (χ0) is 19.5. The lowest BCUT2D eigenvalue weighted by molar-refractivity contribution is 0.0956. The second-order valence-electron chi connectivity index (χ2n) is 5.96. The molecule has 28 heavy (non-hydrogen) atoms. The third-order valence-corrected chi connectivity index (χ3v) is 5.61. The molecule has 1 amide bonds. The molecule has 0 saturated carbocycles. The van der Waals surface area contributed by atoms with Gasteiger partial charge in [0.25, 0.3) is 5.91 Å². The molecule has 2 heterocycles. The minimum absolute atomic E-state index is 0.144. The van der Waals surface area contributed by atoms with Crippen molar-refractivity contribution in [3.05, 3.63) is 81.6 Å². The standard InChI is InChI=1S/C21H14BrN3O2S/c22-16-10-13(7-8-19(16)26)12-23-25-21(27)15-11-18(20-6-3-9-28-20)24-17-5-2-1-4-14(15)17/h1-12,26H,(H,25,27). The van der Waals surface area contributed by atoms with Gasteiger partial charge in [-0.25, -0.2) is 10.4 Å². The average Bonchev–Trinajstić information content (AvgIpc) is 3.24. The largest absolute Gasteiger partial charge is 0.507 e. The number of nitrogens with zero attached hydrogens (tertiary/aromatic N) is 2. The van der Waals surface area contributed by atoms with E-state index in [0.29, 0.717) is 10.0 Å². The van der Waals surface area contributed by atoms with Crippen LogP contribution in [0.5, 0.6) is 5.75 Å². The van der Waals surface area contributed by atoms with Crippen LogP contribution in [0.15, 0.2) is 75.6 Å². The molecule has 0 aliphatic carbocycles. The highest BCUT2D eigenvalue weighted by molar-refractivity contribution is 9.10. The molecule has 138 valence electrons. The number of carbonyl (C=O) groups is 1. The first-order valence-corrected chi connectivity index (χ1v) is 10.0. The Kier molecular flexibility index (Phi) is 5.18. The third kappa shape index (κ3) is 3.81. The summed E-state index contributed by atoms with van der Waals surface area (Å²) in [6, 6.07) is 18.2. The van der Waals surface area contributed by atoms with Crippen molar-refractivity contribution in [2.24, 2.45) is 5.10 Å². The molecule has 4 rings (SSSR count). The number of phenolic OH excluding ortho intramolecular Hbond substituents is 1. The van der Waals surface area contributed by atoms with Crippen LogP contribution in [0, 0.1) is 0 Å². The summed E-state index contributed by atoms with van der Waals surface area (Å²) in [5, 5.41) is 16.3. The van der Waals surface area contributed by atoms with Gasteiger partial charge in [0.05, 0.1) is 32.3 Å². The Bertz CT molecular complexity index is 1190. The Morgan fingerprint density at radius 1 is 1.14 bits per heavy atom. The first kappa shape index (κ1) is 18.3. The number of halogens is 1. The average molecular weight is 452 g/mol. The number of amides is 1. The number of hydrogen-bond acceptors (Lipinski definition) is 5. The zero-order valence-electron chi connectivity index (χ0n) is 14.5. The topological polar surface area (TPSA) is 74.6 Å². The Morgan fingerprint density at radius 2 is 2.00 bits per heavy atom. The van der Waals surface area contributed by atoms with Crippen LogP contribution in [0.1, 0.15) is 15.9 Å². The van der Waals surface area contributed by atoms with Crippen molar-refractivity contribution in [3.63, 3.8) is 0 Å². The van der Waals surface area contributed by atoms with Gasteiger partial charge in [0, 0.05) is 5.39 Å². The summed E-state index contributed by atoms with van der Waals surface area (Å²) >= 11 is 4.83. The van der Waals surface area contributed by atoms with Crippen molar-refractivity contribution in [2.75, 3.05) is 0 Å². The number of nitrogens with one attached hydrogen (secondary N) is 1. The number of hydrazone groups is 1. The Labute approximate surface area is 173 Å². The lowest BCUT2D eigenvalue weighted by Gasteiger charge is -2.08. The second kappa shape index (κ2) is 7.92. The van der Waals surface area contributed by atoms with E-state index in [1.807, 2.05) is 41.8 Å². The fourth-order valence-corrected chi connectivity index (χ4v) is 3.83. The summed E-state index contributed by atoms with van der Waals surface area (Å²) in [5.74, 6) is -0.170. The first-order chi connectivity index (χ1) is 13.6. The number of phenols is 1. The van der Waals surface area contributed by atoms with E-state index in [1.165, 1.54) is 6.21 Å². The Balaban J connectivity index is 1.64. The van der Waals surface area contributed by atoms with Gasteiger partial charge in [-0.1, -0.05) is 24.3 Å². The molecule has 2 N–H and O–H groups in total. The summed E-state index contributed by atoms with van der Waals surface area (Å²) in [5.41, 5.74) is 5.34. The predicted octanol–water partition coefficient (Wildman–Crippen LogP) is 5.20. The number of benzene rings is 2. The summed E-state index contributed by atoms with van der Waals surface area (Å²) < 4.78 is 0.559. The van der Waals surface area contributed by atoms with E-state index in [0.717, 1.165) is 27.0 Å². The van der Waals surface area contributed by atoms with E-state index in [2.05, 4.69) is 31.4 Å². The molecule has 7 heteroatoms. The molecule has 0 unspecified atom stereocenters. The number of para-hydroxylation sites is 1. The molecule has 5 nitrogen and oxygen atoms in total. The smallest absolute Gasteiger partial charge is 0.272 e. The molecule has 2 aromatic carbocycles. The molecular formula is C21H14BrN3O2S. The highest BCUT2D eigenvalue weighted by Crippen LogP contribution is 2.28. The molecule has 0 aliphatic heterocycles. The quantitative estimate of drug-likeness (QED) is 0.330. The van der Waals surface area contributed by atoms with Gasteiger partial charge in [0.15, 0.2) is 0 Å². The van der Waals surface area contributed by atoms with Crippen LogP contribution in [-0.4, -0.2) is 22.2 Å². The number of fused-ring (bicyclic) bond motifs is 1. The Hall–Kier alpha value is -3.03. The summed E-state index contributed by atoms with van der Waals surface area (Å²) in [6.45, 7) is 0. The minimum atomic E-state index is -0.314. The molecule has 4 aromatic rings. The second-order valence-corrected chi connectivity index (χ2v) is 7.76. The number of carbonyl (C=O) groups excluding carboxylic acids is 1. The van der Waals surface area contributed by atoms with Crippen molar-refractivity contribution in [3.8, 4) is 16.3 Å². The SMILES string of the molecule is O=C(NN=Cc1ccc(O)c(Br)c1)c1cc(-c2cccs2)nc2ccccc12. The normalized spacial score (nSPS) is 11.2. The molecule has 2 aromatic heterocycles. The maximum absolute atomic E-state index is 12.8. The van der Waals surface area contributed by atoms with E-state index >= 15 is 0 Å². The maximum atomic E-state index is 12.8. The summed E-state index contributed by atoms with van der Waals surface area (Å²) in [7, 11) is 0. The molecule has 0 saturated heterocycles. The van der Waals surface area contributed by atoms with Gasteiger partial charge in [0.2, 0.25) is 0 Å². The number of thiophene rings is 1. The first-order valence-electron chi connectivity index (χ1n) is 8.37.